The predicted octanol–water partition coefficient (Wildman–Crippen LogP) is 3.14. The lowest BCUT2D eigenvalue weighted by Crippen LogP contribution is -2.35. The third-order valence-electron chi connectivity index (χ3n) is 4.09. The fourth-order valence-electron chi connectivity index (χ4n) is 2.25. The number of carbonyl (C=O) groups is 1. The second-order valence-electron chi connectivity index (χ2n) is 6.15. The van der Waals surface area contributed by atoms with E-state index in [1.54, 1.807) is 13.0 Å². The summed E-state index contributed by atoms with van der Waals surface area (Å²) in [6, 6.07) is 3.72. The Morgan fingerprint density at radius 2 is 2.04 bits per heavy atom. The van der Waals surface area contributed by atoms with Crippen molar-refractivity contribution >= 4 is 21.7 Å². The normalized spacial score (nSPS) is 15.9. The Morgan fingerprint density at radius 3 is 2.56 bits per heavy atom. The average Bonchev–Trinajstić information content (AvgIpc) is 2.65. The number of non-ortho nitro benzene ring substituents is 1. The number of unbranched alkanes of at least 4 members (excludes halogenated alkanes) is 1. The van der Waals surface area contributed by atoms with Crippen LogP contribution < -0.4 is 0 Å². The van der Waals surface area contributed by atoms with Gasteiger partial charge in [-0.3, -0.25) is 14.9 Å². The van der Waals surface area contributed by atoms with Gasteiger partial charge in [0.25, 0.3) is 5.69 Å². The molecule has 0 aromatic heterocycles. The van der Waals surface area contributed by atoms with Crippen LogP contribution in [0, 0.1) is 16.0 Å². The van der Waals surface area contributed by atoms with Crippen LogP contribution in [-0.4, -0.2) is 43.2 Å². The largest absolute Gasteiger partial charge is 0.461 e. The topological polar surface area (TPSA) is 107 Å². The van der Waals surface area contributed by atoms with E-state index < -0.39 is 45.4 Å². The van der Waals surface area contributed by atoms with E-state index in [1.165, 1.54) is 0 Å². The molecule has 0 heterocycles. The number of nitro benzene ring substituents is 1. The summed E-state index contributed by atoms with van der Waals surface area (Å²) in [5, 5.41) is 10.7. The lowest BCUT2D eigenvalue weighted by Gasteiger charge is -2.22. The molecule has 9 heteroatoms. The molecule has 1 aromatic rings. The summed E-state index contributed by atoms with van der Waals surface area (Å²) < 4.78 is 53.4. The van der Waals surface area contributed by atoms with Gasteiger partial charge in [0.1, 0.15) is 12.6 Å². The molecule has 150 valence electrons. The molecule has 0 saturated heterocycles. The molecule has 0 radical (unpaired) electrons. The number of nitrogens with zero attached hydrogens (tertiary/aromatic N) is 2. The third kappa shape index (κ3) is 6.76. The van der Waals surface area contributed by atoms with Crippen LogP contribution >= 0.6 is 0 Å². The van der Waals surface area contributed by atoms with Gasteiger partial charge in [-0.05, 0) is 44.2 Å². The zero-order valence-corrected chi connectivity index (χ0v) is 16.1. The molecule has 0 spiro atoms. The molecule has 0 N–H and O–H groups in total. The molecule has 0 aliphatic heterocycles. The van der Waals surface area contributed by atoms with Crippen molar-refractivity contribution in [3.8, 4) is 0 Å². The summed E-state index contributed by atoms with van der Waals surface area (Å²) in [7, 11) is -4.63. The quantitative estimate of drug-likeness (QED) is 0.185. The smallest absolute Gasteiger partial charge is 0.321 e. The maximum atomic E-state index is 12.8. The van der Waals surface area contributed by atoms with E-state index in [9.17, 15) is 23.3 Å². The number of hydrogen-bond acceptors (Lipinski definition) is 6. The summed E-state index contributed by atoms with van der Waals surface area (Å²) in [5.74, 6) is -1.01. The number of carbonyl (C=O) groups excluding carboxylic acids is 1. The summed E-state index contributed by atoms with van der Waals surface area (Å²) in [6.07, 6.45) is 3.65. The fraction of sp³-hybridized carbons (Fsp3) is 0.500. The first-order valence-electron chi connectivity index (χ1n) is 9.88. The van der Waals surface area contributed by atoms with Crippen molar-refractivity contribution in [3.63, 3.8) is 0 Å². The van der Waals surface area contributed by atoms with Crippen molar-refractivity contribution in [3.05, 3.63) is 47.0 Å². The average molecular weight is 401 g/mol. The van der Waals surface area contributed by atoms with Gasteiger partial charge < -0.3 is 4.74 Å². The van der Waals surface area contributed by atoms with Crippen LogP contribution in [0.5, 0.6) is 0 Å². The van der Waals surface area contributed by atoms with Crippen molar-refractivity contribution in [1.82, 2.24) is 4.31 Å². The molecule has 0 bridgehead atoms. The number of ether oxygens (including phenoxy) is 1. The summed E-state index contributed by atoms with van der Waals surface area (Å²) in [6.45, 7) is 2.99. The molecule has 1 aromatic carbocycles. The van der Waals surface area contributed by atoms with E-state index in [0.29, 0.717) is 0 Å². The highest BCUT2D eigenvalue weighted by molar-refractivity contribution is 7.89. The molecule has 0 amide bonds. The summed E-state index contributed by atoms with van der Waals surface area (Å²) in [4.78, 5) is 21.8. The highest BCUT2D eigenvalue weighted by Crippen LogP contribution is 2.19. The number of nitro groups is 1. The lowest BCUT2D eigenvalue weighted by molar-refractivity contribution is -0.384. The van der Waals surface area contributed by atoms with Gasteiger partial charge in [0.15, 0.2) is 0 Å². The van der Waals surface area contributed by atoms with Crippen molar-refractivity contribution < 1.29 is 27.0 Å². The molecule has 0 saturated carbocycles. The number of rotatable bonds is 11. The van der Waals surface area contributed by atoms with Crippen LogP contribution in [-0.2, 0) is 19.6 Å². The number of benzene rings is 1. The Balaban J connectivity index is 2.97. The molecular formula is C18H26N2O6S. The van der Waals surface area contributed by atoms with E-state index in [1.807, 2.05) is 6.92 Å². The molecule has 0 unspecified atom stereocenters. The van der Waals surface area contributed by atoms with Gasteiger partial charge in [-0.15, -0.1) is 6.58 Å². The second-order valence-corrected chi connectivity index (χ2v) is 8.02. The van der Waals surface area contributed by atoms with Gasteiger partial charge in [-0.2, -0.15) is 4.31 Å². The van der Waals surface area contributed by atoms with E-state index in [0.717, 1.165) is 43.5 Å². The van der Waals surface area contributed by atoms with E-state index in [4.69, 9.17) is 8.85 Å². The maximum absolute atomic E-state index is 12.8. The molecule has 0 aliphatic carbocycles. The number of allylic oxidation sites excluding steroid dienone is 1. The molecular weight excluding hydrogens is 372 g/mol. The van der Waals surface area contributed by atoms with Crippen LogP contribution in [0.3, 0.4) is 0 Å². The van der Waals surface area contributed by atoms with Crippen LogP contribution in [0.4, 0.5) is 5.69 Å². The first-order valence-corrected chi connectivity index (χ1v) is 9.82. The van der Waals surface area contributed by atoms with Crippen molar-refractivity contribution in [1.29, 1.82) is 0 Å². The van der Waals surface area contributed by atoms with Gasteiger partial charge in [0.2, 0.25) is 10.0 Å². The van der Waals surface area contributed by atoms with E-state index in [2.05, 4.69) is 6.58 Å². The minimum Gasteiger partial charge on any atom is -0.461 e. The minimum absolute atomic E-state index is 0.0126. The minimum atomic E-state index is -4.63. The van der Waals surface area contributed by atoms with Crippen LogP contribution in [0.15, 0.2) is 41.8 Å². The molecule has 0 fully saturated rings. The van der Waals surface area contributed by atoms with E-state index >= 15 is 0 Å². The first kappa shape index (κ1) is 18.1. The highest BCUT2D eigenvalue weighted by Gasteiger charge is 2.25. The lowest BCUT2D eigenvalue weighted by atomic mass is 9.99. The Kier molecular flexibility index (Phi) is 6.83. The van der Waals surface area contributed by atoms with Crippen LogP contribution in [0.25, 0.3) is 0 Å². The zero-order chi connectivity index (χ0) is 23.1. The highest BCUT2D eigenvalue weighted by atomic mass is 32.2. The van der Waals surface area contributed by atoms with E-state index in [-0.39, 0.29) is 15.9 Å². The van der Waals surface area contributed by atoms with Gasteiger partial charge in [0, 0.05) is 23.2 Å². The Morgan fingerprint density at radius 1 is 1.41 bits per heavy atom. The van der Waals surface area contributed by atoms with Gasteiger partial charge in [-0.1, -0.05) is 13.0 Å². The van der Waals surface area contributed by atoms with Crippen molar-refractivity contribution in [2.24, 2.45) is 5.92 Å². The molecule has 2 atom stereocenters. The van der Waals surface area contributed by atoms with Gasteiger partial charge >= 0.3 is 5.97 Å². The Bertz CT molecular complexity index is 856. The first-order chi connectivity index (χ1) is 13.8. The fourth-order valence-corrected chi connectivity index (χ4v) is 3.26. The van der Waals surface area contributed by atoms with Gasteiger partial charge in [0.05, 0.1) is 9.82 Å². The zero-order valence-electron chi connectivity index (χ0n) is 18.3. The number of esters is 1. The number of likely N-dealkylation sites (N-methyl/N-ethyl adjacent to an activating group) is 1. The Labute approximate surface area is 164 Å². The van der Waals surface area contributed by atoms with Gasteiger partial charge in [-0.25, -0.2) is 8.42 Å². The van der Waals surface area contributed by atoms with Crippen LogP contribution in [0.1, 0.15) is 37.2 Å². The number of hydrogen-bond donors (Lipinski definition) is 0. The van der Waals surface area contributed by atoms with Crippen molar-refractivity contribution in [2.45, 2.75) is 44.1 Å². The summed E-state index contributed by atoms with van der Waals surface area (Å²) >= 11 is 0. The molecule has 27 heavy (non-hydrogen) atoms. The molecule has 8 nitrogen and oxygen atoms in total. The maximum Gasteiger partial charge on any atom is 0.321 e. The van der Waals surface area contributed by atoms with Crippen molar-refractivity contribution in [2.75, 3.05) is 13.5 Å². The third-order valence-corrected chi connectivity index (χ3v) is 5.67. The number of sulfonamides is 1. The monoisotopic (exact) mass is 401 g/mol. The second kappa shape index (κ2) is 10.2. The molecule has 0 aliphatic rings. The predicted molar refractivity (Wildman–Crippen MR) is 102 cm³/mol. The Hall–Kier alpha value is -2.26. The van der Waals surface area contributed by atoms with Crippen LogP contribution in [0.2, 0.25) is 0 Å². The summed E-state index contributed by atoms with van der Waals surface area (Å²) in [5.41, 5.74) is -0.354. The standard InChI is InChI=1S/C18H26N2O6S/c1-5-6-7-8-14(2)15(3)26-18(21)13-19(4)27(24,25)17-11-9-16(10-12-17)20(22)23/h5,9-12,14-15H,1,6-8,13H2,2-4H3/t14-,15+/m1/s1/i4D3. The molecule has 1 rings (SSSR count). The SMILES string of the molecule is [2H]C([2H])([2H])N(CC(=O)O[C@@H](C)[C@H](C)CCCC=C)S(=O)(=O)c1ccc([N+](=O)[O-])cc1.